The zero-order valence-corrected chi connectivity index (χ0v) is 15.1. The summed E-state index contributed by atoms with van der Waals surface area (Å²) < 4.78 is 1.85. The van der Waals surface area contributed by atoms with Gasteiger partial charge in [0.05, 0.1) is 6.42 Å². The minimum atomic E-state index is -0.833. The highest BCUT2D eigenvalue weighted by molar-refractivity contribution is 5.75. The molecule has 0 saturated carbocycles. The lowest BCUT2D eigenvalue weighted by Gasteiger charge is -2.07. The van der Waals surface area contributed by atoms with E-state index in [4.69, 9.17) is 15.6 Å². The maximum absolute atomic E-state index is 11.1. The molecule has 2 rings (SSSR count). The molecule has 0 aliphatic heterocycles. The number of aryl methyl sites for hydroxylation is 3. The van der Waals surface area contributed by atoms with Crippen LogP contribution in [0.3, 0.4) is 0 Å². The van der Waals surface area contributed by atoms with Gasteiger partial charge in [-0.25, -0.2) is 9.67 Å². The van der Waals surface area contributed by atoms with E-state index in [2.05, 4.69) is 22.0 Å². The number of nitrogens with two attached hydrogens (primary N) is 1. The number of carbonyl (C=O) groups excluding carboxylic acids is 1. The molecule has 8 nitrogen and oxygen atoms in total. The molecule has 0 fully saturated rings. The lowest BCUT2D eigenvalue weighted by atomic mass is 10.1. The number of primary amides is 1. The average Bonchev–Trinajstić information content (AvgIpc) is 2.86. The maximum atomic E-state index is 11.1. The van der Waals surface area contributed by atoms with Crippen molar-refractivity contribution in [3.8, 4) is 11.4 Å². The third-order valence-electron chi connectivity index (χ3n) is 3.26. The Labute approximate surface area is 147 Å². The average molecular weight is 347 g/mol. The summed E-state index contributed by atoms with van der Waals surface area (Å²) in [7, 11) is 0. The van der Waals surface area contributed by atoms with E-state index < -0.39 is 11.9 Å². The quantitative estimate of drug-likeness (QED) is 0.822. The molecule has 0 spiro atoms. The first kappa shape index (κ1) is 20.3. The predicted octanol–water partition coefficient (Wildman–Crippen LogP) is 1.88. The molecule has 0 bridgehead atoms. The summed E-state index contributed by atoms with van der Waals surface area (Å²) in [4.78, 5) is 28.9. The smallest absolute Gasteiger partial charge is 0.300 e. The molecule has 2 aromatic rings. The van der Waals surface area contributed by atoms with Crippen LogP contribution in [-0.4, -0.2) is 36.7 Å². The molecule has 0 aliphatic rings. The molecule has 3 N–H and O–H groups in total. The predicted molar refractivity (Wildman–Crippen MR) is 93.8 cm³/mol. The first-order chi connectivity index (χ1) is 11.7. The van der Waals surface area contributed by atoms with Crippen LogP contribution in [0.2, 0.25) is 0 Å². The Morgan fingerprint density at radius 3 is 2.48 bits per heavy atom. The lowest BCUT2D eigenvalue weighted by Crippen LogP contribution is -2.14. The second kappa shape index (κ2) is 9.51. The molecule has 2 heterocycles. The van der Waals surface area contributed by atoms with E-state index in [-0.39, 0.29) is 6.42 Å². The molecule has 0 aromatic carbocycles. The van der Waals surface area contributed by atoms with Gasteiger partial charge in [-0.3, -0.25) is 14.6 Å². The summed E-state index contributed by atoms with van der Waals surface area (Å²) in [5, 5.41) is 11.8. The topological polar surface area (TPSA) is 124 Å². The number of pyridine rings is 1. The van der Waals surface area contributed by atoms with Crippen LogP contribution in [0.1, 0.15) is 43.8 Å². The van der Waals surface area contributed by atoms with Crippen molar-refractivity contribution < 1.29 is 14.7 Å². The molecular formula is C17H25N5O3. The van der Waals surface area contributed by atoms with E-state index in [1.54, 1.807) is 0 Å². The Balaban J connectivity index is 0.000000705. The number of carboxylic acids is 1. The van der Waals surface area contributed by atoms with Crippen LogP contribution in [0.15, 0.2) is 12.3 Å². The van der Waals surface area contributed by atoms with Crippen molar-refractivity contribution in [3.63, 3.8) is 0 Å². The van der Waals surface area contributed by atoms with E-state index in [0.29, 0.717) is 5.82 Å². The summed E-state index contributed by atoms with van der Waals surface area (Å²) in [6.07, 6.45) is 3.94. The number of hydrogen-bond acceptors (Lipinski definition) is 5. The van der Waals surface area contributed by atoms with Crippen LogP contribution in [0.25, 0.3) is 11.4 Å². The summed E-state index contributed by atoms with van der Waals surface area (Å²) in [6, 6.07) is 2.02. The molecule has 0 atom stereocenters. The van der Waals surface area contributed by atoms with Crippen molar-refractivity contribution in [2.45, 2.75) is 53.5 Å². The minimum Gasteiger partial charge on any atom is -0.481 e. The van der Waals surface area contributed by atoms with Crippen molar-refractivity contribution in [2.24, 2.45) is 5.73 Å². The third kappa shape index (κ3) is 6.70. The highest BCUT2D eigenvalue weighted by Crippen LogP contribution is 2.22. The van der Waals surface area contributed by atoms with E-state index >= 15 is 0 Å². The molecule has 8 heteroatoms. The van der Waals surface area contributed by atoms with Gasteiger partial charge in [0.15, 0.2) is 11.6 Å². The highest BCUT2D eigenvalue weighted by atomic mass is 16.4. The van der Waals surface area contributed by atoms with Crippen molar-refractivity contribution in [1.29, 1.82) is 0 Å². The zero-order chi connectivity index (χ0) is 19.0. The zero-order valence-electron chi connectivity index (χ0n) is 15.1. The van der Waals surface area contributed by atoms with Crippen LogP contribution in [-0.2, 0) is 22.6 Å². The van der Waals surface area contributed by atoms with Gasteiger partial charge < -0.3 is 10.8 Å². The van der Waals surface area contributed by atoms with E-state index in [0.717, 1.165) is 49.0 Å². The fourth-order valence-corrected chi connectivity index (χ4v) is 2.21. The highest BCUT2D eigenvalue weighted by Gasteiger charge is 2.15. The normalized spacial score (nSPS) is 10.1. The summed E-state index contributed by atoms with van der Waals surface area (Å²) >= 11 is 0. The van der Waals surface area contributed by atoms with Gasteiger partial charge in [0.2, 0.25) is 5.91 Å². The molecule has 0 saturated heterocycles. The molecule has 0 radical (unpaired) electrons. The second-order valence-electron chi connectivity index (χ2n) is 5.73. The number of unbranched alkanes of at least 4 members (excludes halogenated alkanes) is 1. The van der Waals surface area contributed by atoms with Gasteiger partial charge in [0.1, 0.15) is 0 Å². The van der Waals surface area contributed by atoms with E-state index in [1.807, 2.05) is 30.8 Å². The first-order valence-electron chi connectivity index (χ1n) is 8.09. The van der Waals surface area contributed by atoms with Crippen LogP contribution in [0.4, 0.5) is 0 Å². The number of hydrogen-bond donors (Lipinski definition) is 2. The van der Waals surface area contributed by atoms with Gasteiger partial charge in [-0.05, 0) is 31.9 Å². The van der Waals surface area contributed by atoms with Crippen LogP contribution in [0, 0.1) is 13.8 Å². The van der Waals surface area contributed by atoms with Gasteiger partial charge in [-0.15, -0.1) is 0 Å². The third-order valence-corrected chi connectivity index (χ3v) is 3.26. The number of carboxylic acid groups (broad SMARTS) is 1. The number of amides is 1. The Morgan fingerprint density at radius 2 is 1.96 bits per heavy atom. The van der Waals surface area contributed by atoms with E-state index in [9.17, 15) is 4.79 Å². The summed E-state index contributed by atoms with van der Waals surface area (Å²) in [5.41, 5.74) is 8.24. The van der Waals surface area contributed by atoms with Gasteiger partial charge in [0.25, 0.3) is 5.97 Å². The number of aliphatic carboxylic acids is 1. The number of aromatic nitrogens is 4. The monoisotopic (exact) mass is 347 g/mol. The molecule has 0 aliphatic carbocycles. The van der Waals surface area contributed by atoms with Crippen LogP contribution >= 0.6 is 0 Å². The van der Waals surface area contributed by atoms with Gasteiger partial charge >= 0.3 is 0 Å². The van der Waals surface area contributed by atoms with Crippen molar-refractivity contribution in [3.05, 3.63) is 29.3 Å². The second-order valence-corrected chi connectivity index (χ2v) is 5.73. The number of nitrogens with zero attached hydrogens (tertiary/aromatic N) is 4. The fourth-order valence-electron chi connectivity index (χ4n) is 2.21. The Kier molecular flexibility index (Phi) is 7.71. The molecular weight excluding hydrogens is 322 g/mol. The number of rotatable bonds is 6. The van der Waals surface area contributed by atoms with E-state index in [1.165, 1.54) is 0 Å². The van der Waals surface area contributed by atoms with Crippen LogP contribution < -0.4 is 5.73 Å². The molecule has 136 valence electrons. The molecule has 2 aromatic heterocycles. The minimum absolute atomic E-state index is 0.0600. The van der Waals surface area contributed by atoms with Gasteiger partial charge in [0, 0.05) is 30.9 Å². The fraction of sp³-hybridized carbons (Fsp3) is 0.471. The largest absolute Gasteiger partial charge is 0.481 e. The lowest BCUT2D eigenvalue weighted by molar-refractivity contribution is -0.134. The Hall–Kier alpha value is -2.77. The Morgan fingerprint density at radius 1 is 1.32 bits per heavy atom. The first-order valence-corrected chi connectivity index (χ1v) is 8.09. The van der Waals surface area contributed by atoms with Crippen molar-refractivity contribution >= 4 is 11.9 Å². The van der Waals surface area contributed by atoms with Crippen molar-refractivity contribution in [1.82, 2.24) is 19.7 Å². The SMILES string of the molecule is CC(=O)O.CCCCn1nc(CC(N)=O)nc1-c1cnc(C)cc1C. The van der Waals surface area contributed by atoms with Gasteiger partial charge in [-0.1, -0.05) is 13.3 Å². The van der Waals surface area contributed by atoms with Gasteiger partial charge in [-0.2, -0.15) is 5.10 Å². The molecule has 25 heavy (non-hydrogen) atoms. The summed E-state index contributed by atoms with van der Waals surface area (Å²) in [6.45, 7) is 7.96. The molecule has 0 unspecified atom stereocenters. The standard InChI is InChI=1S/C15H21N5O.C2H4O2/c1-4-5-6-20-15(18-14(19-20)8-13(16)21)12-9-17-11(3)7-10(12)2;1-2(3)4/h7,9H,4-6,8H2,1-3H3,(H2,16,21);1H3,(H,3,4). The van der Waals surface area contributed by atoms with Crippen LogP contribution in [0.5, 0.6) is 0 Å². The number of carbonyl (C=O) groups is 2. The molecule has 1 amide bonds. The van der Waals surface area contributed by atoms with Crippen molar-refractivity contribution in [2.75, 3.05) is 0 Å². The Bertz CT molecular complexity index is 736. The summed E-state index contributed by atoms with van der Waals surface area (Å²) in [5.74, 6) is -0.0359. The maximum Gasteiger partial charge on any atom is 0.300 e.